The fraction of sp³-hybridized carbons (Fsp3) is 0.353. The highest BCUT2D eigenvalue weighted by molar-refractivity contribution is 7.91. The van der Waals surface area contributed by atoms with E-state index in [0.29, 0.717) is 13.1 Å². The lowest BCUT2D eigenvalue weighted by Gasteiger charge is -2.37. The van der Waals surface area contributed by atoms with Gasteiger partial charge in [0.1, 0.15) is 4.21 Å². The van der Waals surface area contributed by atoms with E-state index in [0.717, 1.165) is 30.1 Å². The molecule has 2 heterocycles. The predicted octanol–water partition coefficient (Wildman–Crippen LogP) is 1.76. The Hall–Kier alpha value is -1.90. The molecule has 134 valence electrons. The van der Waals surface area contributed by atoms with Crippen LogP contribution in [-0.2, 0) is 14.8 Å². The molecule has 0 unspecified atom stereocenters. The second-order valence-corrected chi connectivity index (χ2v) is 8.81. The largest absolute Gasteiger partial charge is 0.368 e. The van der Waals surface area contributed by atoms with Crippen molar-refractivity contribution in [3.05, 3.63) is 47.8 Å². The maximum atomic E-state index is 12.6. The van der Waals surface area contributed by atoms with E-state index in [1.165, 1.54) is 6.07 Å². The van der Waals surface area contributed by atoms with Crippen molar-refractivity contribution < 1.29 is 13.2 Å². The van der Waals surface area contributed by atoms with Gasteiger partial charge in [-0.15, -0.1) is 11.3 Å². The summed E-state index contributed by atoms with van der Waals surface area (Å²) in [6.45, 7) is 4.23. The second kappa shape index (κ2) is 7.55. The smallest absolute Gasteiger partial charge is 0.250 e. The minimum Gasteiger partial charge on any atom is -0.368 e. The van der Waals surface area contributed by atoms with Gasteiger partial charge in [0.15, 0.2) is 0 Å². The second-order valence-electron chi connectivity index (χ2n) is 5.92. The van der Waals surface area contributed by atoms with Crippen LogP contribution in [0.1, 0.15) is 6.92 Å². The molecular weight excluding hydrogens is 358 g/mol. The van der Waals surface area contributed by atoms with Crippen LogP contribution in [0.25, 0.3) is 0 Å². The number of piperazine rings is 1. The number of para-hydroxylation sites is 1. The molecule has 1 atom stereocenters. The molecule has 0 saturated carbocycles. The van der Waals surface area contributed by atoms with Gasteiger partial charge >= 0.3 is 0 Å². The van der Waals surface area contributed by atoms with Gasteiger partial charge in [-0.1, -0.05) is 24.3 Å². The predicted molar refractivity (Wildman–Crippen MR) is 99.3 cm³/mol. The van der Waals surface area contributed by atoms with Crippen molar-refractivity contribution >= 4 is 33.0 Å². The molecule has 1 amide bonds. The average molecular weight is 380 g/mol. The summed E-state index contributed by atoms with van der Waals surface area (Å²) >= 11 is 1.14. The molecule has 8 heteroatoms. The first-order valence-electron chi connectivity index (χ1n) is 8.12. The molecule has 1 N–H and O–H groups in total. The van der Waals surface area contributed by atoms with Crippen LogP contribution in [0, 0.1) is 0 Å². The zero-order valence-electron chi connectivity index (χ0n) is 14.0. The van der Waals surface area contributed by atoms with E-state index in [4.69, 9.17) is 0 Å². The van der Waals surface area contributed by atoms with Crippen molar-refractivity contribution in [1.29, 1.82) is 0 Å². The maximum absolute atomic E-state index is 12.6. The van der Waals surface area contributed by atoms with Crippen LogP contribution >= 0.6 is 11.3 Å². The van der Waals surface area contributed by atoms with Crippen molar-refractivity contribution in [1.82, 2.24) is 9.62 Å². The van der Waals surface area contributed by atoms with Crippen LogP contribution < -0.4 is 9.62 Å². The van der Waals surface area contributed by atoms with E-state index in [-0.39, 0.29) is 10.1 Å². The standard InChI is InChI=1S/C17H21N3O3S2/c1-14(18-25(22,23)16-8-5-13-24-16)17(21)20-11-9-19(10-12-20)15-6-3-2-4-7-15/h2-8,13-14,18H,9-12H2,1H3/t14-/m0/s1. The zero-order chi connectivity index (χ0) is 17.9. The zero-order valence-corrected chi connectivity index (χ0v) is 15.6. The average Bonchev–Trinajstić information content (AvgIpc) is 3.17. The van der Waals surface area contributed by atoms with Gasteiger partial charge in [0.2, 0.25) is 5.91 Å². The summed E-state index contributed by atoms with van der Waals surface area (Å²) in [5, 5.41) is 1.70. The Labute approximate surface area is 152 Å². The number of rotatable bonds is 5. The van der Waals surface area contributed by atoms with E-state index in [1.54, 1.807) is 23.3 Å². The van der Waals surface area contributed by atoms with Gasteiger partial charge < -0.3 is 9.80 Å². The van der Waals surface area contributed by atoms with Gasteiger partial charge in [0, 0.05) is 31.9 Å². The minimum atomic E-state index is -3.64. The normalized spacial score (nSPS) is 16.7. The molecule has 1 aromatic carbocycles. The van der Waals surface area contributed by atoms with Crippen molar-refractivity contribution in [2.24, 2.45) is 0 Å². The van der Waals surface area contributed by atoms with E-state index in [9.17, 15) is 13.2 Å². The molecular formula is C17H21N3O3S2. The summed E-state index contributed by atoms with van der Waals surface area (Å²) in [7, 11) is -3.64. The number of nitrogens with one attached hydrogen (secondary N) is 1. The topological polar surface area (TPSA) is 69.7 Å². The summed E-state index contributed by atoms with van der Waals surface area (Å²) in [6.07, 6.45) is 0. The Morgan fingerprint density at radius 2 is 1.76 bits per heavy atom. The van der Waals surface area contributed by atoms with Crippen LogP contribution in [0.15, 0.2) is 52.1 Å². The fourth-order valence-electron chi connectivity index (χ4n) is 2.86. The van der Waals surface area contributed by atoms with Crippen LogP contribution in [0.5, 0.6) is 0 Å². The molecule has 0 spiro atoms. The van der Waals surface area contributed by atoms with Gasteiger partial charge in [-0.25, -0.2) is 8.42 Å². The van der Waals surface area contributed by atoms with E-state index >= 15 is 0 Å². The summed E-state index contributed by atoms with van der Waals surface area (Å²) in [5.74, 6) is -0.187. The van der Waals surface area contributed by atoms with E-state index in [1.807, 2.05) is 18.2 Å². The number of amides is 1. The molecule has 6 nitrogen and oxygen atoms in total. The monoisotopic (exact) mass is 379 g/mol. The van der Waals surface area contributed by atoms with Gasteiger partial charge in [-0.2, -0.15) is 4.72 Å². The Balaban J connectivity index is 1.57. The molecule has 0 bridgehead atoms. The highest BCUT2D eigenvalue weighted by atomic mass is 32.2. The number of nitrogens with zero attached hydrogens (tertiary/aromatic N) is 2. The van der Waals surface area contributed by atoms with Gasteiger partial charge in [-0.05, 0) is 30.5 Å². The van der Waals surface area contributed by atoms with Gasteiger partial charge in [0.25, 0.3) is 10.0 Å². The number of hydrogen-bond acceptors (Lipinski definition) is 5. The van der Waals surface area contributed by atoms with Crippen LogP contribution in [-0.4, -0.2) is 51.4 Å². The Morgan fingerprint density at radius 1 is 1.08 bits per heavy atom. The van der Waals surface area contributed by atoms with Crippen LogP contribution in [0.2, 0.25) is 0 Å². The van der Waals surface area contributed by atoms with Crippen molar-refractivity contribution in [2.75, 3.05) is 31.1 Å². The van der Waals surface area contributed by atoms with Crippen LogP contribution in [0.4, 0.5) is 5.69 Å². The lowest BCUT2D eigenvalue weighted by Crippen LogP contribution is -2.54. The number of benzene rings is 1. The number of sulfonamides is 1. The SMILES string of the molecule is C[C@H](NS(=O)(=O)c1cccs1)C(=O)N1CCN(c2ccccc2)CC1. The fourth-order valence-corrected chi connectivity index (χ4v) is 5.06. The number of carbonyl (C=O) groups is 1. The molecule has 1 aliphatic rings. The van der Waals surface area contributed by atoms with Crippen molar-refractivity contribution in [3.63, 3.8) is 0 Å². The molecule has 1 aromatic heterocycles. The molecule has 0 radical (unpaired) electrons. The van der Waals surface area contributed by atoms with E-state index in [2.05, 4.69) is 21.8 Å². The summed E-state index contributed by atoms with van der Waals surface area (Å²) in [5.41, 5.74) is 1.14. The maximum Gasteiger partial charge on any atom is 0.250 e. The lowest BCUT2D eigenvalue weighted by molar-refractivity contribution is -0.132. The molecule has 1 saturated heterocycles. The summed E-state index contributed by atoms with van der Waals surface area (Å²) in [4.78, 5) is 16.5. The quantitative estimate of drug-likeness (QED) is 0.860. The number of anilines is 1. The summed E-state index contributed by atoms with van der Waals surface area (Å²) in [6, 6.07) is 12.5. The van der Waals surface area contributed by atoms with Crippen molar-refractivity contribution in [3.8, 4) is 0 Å². The Bertz CT molecular complexity index is 799. The summed E-state index contributed by atoms with van der Waals surface area (Å²) < 4.78 is 27.2. The number of hydrogen-bond donors (Lipinski definition) is 1. The van der Waals surface area contributed by atoms with Crippen molar-refractivity contribution in [2.45, 2.75) is 17.2 Å². The lowest BCUT2D eigenvalue weighted by atomic mass is 10.2. The number of thiophene rings is 1. The van der Waals surface area contributed by atoms with Gasteiger partial charge in [-0.3, -0.25) is 4.79 Å². The first-order chi connectivity index (χ1) is 12.0. The third kappa shape index (κ3) is 4.20. The minimum absolute atomic E-state index is 0.187. The molecule has 1 aliphatic heterocycles. The molecule has 2 aromatic rings. The van der Waals surface area contributed by atoms with Crippen LogP contribution in [0.3, 0.4) is 0 Å². The molecule has 25 heavy (non-hydrogen) atoms. The first-order valence-corrected chi connectivity index (χ1v) is 10.5. The molecule has 0 aliphatic carbocycles. The third-order valence-corrected chi connectivity index (χ3v) is 7.11. The third-order valence-electron chi connectivity index (χ3n) is 4.17. The Kier molecular flexibility index (Phi) is 5.41. The van der Waals surface area contributed by atoms with Gasteiger partial charge in [0.05, 0.1) is 6.04 Å². The molecule has 3 rings (SSSR count). The highest BCUT2D eigenvalue weighted by Gasteiger charge is 2.28. The van der Waals surface area contributed by atoms with E-state index < -0.39 is 16.1 Å². The highest BCUT2D eigenvalue weighted by Crippen LogP contribution is 2.18. The Morgan fingerprint density at radius 3 is 2.36 bits per heavy atom. The number of carbonyl (C=O) groups excluding carboxylic acids is 1. The first kappa shape index (κ1) is 17.9. The molecule has 1 fully saturated rings.